The van der Waals surface area contributed by atoms with Crippen LogP contribution in [-0.2, 0) is 4.79 Å². The molecule has 1 aliphatic carbocycles. The van der Waals surface area contributed by atoms with Gasteiger partial charge in [-0.05, 0) is 64.5 Å². The molecule has 1 unspecified atom stereocenters. The van der Waals surface area contributed by atoms with Crippen molar-refractivity contribution in [2.45, 2.75) is 71.8 Å². The van der Waals surface area contributed by atoms with Crippen molar-refractivity contribution >= 4 is 36.5 Å². The topological polar surface area (TPSA) is 61.4 Å². The van der Waals surface area contributed by atoms with Gasteiger partial charge in [-0.2, -0.15) is 0 Å². The van der Waals surface area contributed by atoms with E-state index in [0.717, 1.165) is 69.3 Å². The fourth-order valence-corrected chi connectivity index (χ4v) is 5.37. The Bertz CT molecular complexity index is 745. The fraction of sp³-hybridized carbons (Fsp3) is 0.783. The molecule has 3 fully saturated rings. The molecule has 1 aromatic rings. The Kier molecular flexibility index (Phi) is 9.00. The number of hydrogen-bond acceptors (Lipinski definition) is 5. The van der Waals surface area contributed by atoms with E-state index >= 15 is 0 Å². The van der Waals surface area contributed by atoms with E-state index in [2.05, 4.69) is 46.9 Å². The van der Waals surface area contributed by atoms with Crippen molar-refractivity contribution in [3.05, 3.63) is 17.6 Å². The number of hydrogen-bond donors (Lipinski definition) is 1. The van der Waals surface area contributed by atoms with Crippen LogP contribution in [0.2, 0.25) is 0 Å². The van der Waals surface area contributed by atoms with Crippen LogP contribution >= 0.6 is 24.8 Å². The van der Waals surface area contributed by atoms with Crippen LogP contribution in [0.5, 0.6) is 0 Å². The van der Waals surface area contributed by atoms with E-state index in [0.29, 0.717) is 23.3 Å². The lowest BCUT2D eigenvalue weighted by atomic mass is 9.91. The number of anilines is 1. The summed E-state index contributed by atoms with van der Waals surface area (Å²) < 4.78 is 0. The smallest absolute Gasteiger partial charge is 0.226 e. The van der Waals surface area contributed by atoms with E-state index in [1.165, 1.54) is 12.8 Å². The molecule has 4 rings (SSSR count). The SMILES string of the molecule is CCN(C(=O)C1CC12CCNCC2)C1CCN(c2cc(C)nc(C(C)C)n2)CC1.Cl.Cl. The summed E-state index contributed by atoms with van der Waals surface area (Å²) in [7, 11) is 0. The molecule has 2 saturated heterocycles. The van der Waals surface area contributed by atoms with Gasteiger partial charge in [0, 0.05) is 49.3 Å². The normalized spacial score (nSPS) is 22.6. The van der Waals surface area contributed by atoms with Gasteiger partial charge in [-0.15, -0.1) is 24.8 Å². The Balaban J connectivity index is 0.00000171. The maximum Gasteiger partial charge on any atom is 0.226 e. The molecule has 1 amide bonds. The number of piperidine rings is 2. The lowest BCUT2D eigenvalue weighted by molar-refractivity contribution is -0.136. The van der Waals surface area contributed by atoms with Crippen LogP contribution in [0.4, 0.5) is 5.82 Å². The van der Waals surface area contributed by atoms with Gasteiger partial charge in [0.1, 0.15) is 11.6 Å². The molecular weight excluding hydrogens is 433 g/mol. The first kappa shape index (κ1) is 26.1. The number of rotatable bonds is 5. The van der Waals surface area contributed by atoms with Gasteiger partial charge in [-0.1, -0.05) is 13.8 Å². The van der Waals surface area contributed by atoms with Gasteiger partial charge in [0.25, 0.3) is 0 Å². The minimum Gasteiger partial charge on any atom is -0.356 e. The monoisotopic (exact) mass is 471 g/mol. The van der Waals surface area contributed by atoms with Crippen molar-refractivity contribution in [3.8, 4) is 0 Å². The third-order valence-corrected chi connectivity index (χ3v) is 7.31. The molecule has 0 bridgehead atoms. The van der Waals surface area contributed by atoms with Crippen LogP contribution in [0.15, 0.2) is 6.07 Å². The number of nitrogens with one attached hydrogen (secondary N) is 1. The second-order valence-corrected chi connectivity index (χ2v) is 9.59. The molecule has 1 N–H and O–H groups in total. The highest BCUT2D eigenvalue weighted by Crippen LogP contribution is 2.59. The van der Waals surface area contributed by atoms with Crippen LogP contribution in [0, 0.1) is 18.3 Å². The maximum absolute atomic E-state index is 13.3. The van der Waals surface area contributed by atoms with Crippen LogP contribution in [0.1, 0.15) is 70.3 Å². The van der Waals surface area contributed by atoms with Crippen molar-refractivity contribution in [2.75, 3.05) is 37.6 Å². The predicted molar refractivity (Wildman–Crippen MR) is 131 cm³/mol. The lowest BCUT2D eigenvalue weighted by Gasteiger charge is -2.39. The van der Waals surface area contributed by atoms with Crippen molar-refractivity contribution in [3.63, 3.8) is 0 Å². The minimum absolute atomic E-state index is 0. The van der Waals surface area contributed by atoms with Crippen molar-refractivity contribution < 1.29 is 4.79 Å². The largest absolute Gasteiger partial charge is 0.356 e. The molecule has 1 saturated carbocycles. The van der Waals surface area contributed by atoms with E-state index in [1.54, 1.807) is 0 Å². The Morgan fingerprint density at radius 1 is 1.23 bits per heavy atom. The third kappa shape index (κ3) is 5.45. The zero-order chi connectivity index (χ0) is 20.6. The molecule has 3 heterocycles. The van der Waals surface area contributed by atoms with Crippen LogP contribution in [-0.4, -0.2) is 59.5 Å². The molecule has 1 aromatic heterocycles. The standard InChI is InChI=1S/C23H37N5O.2ClH/c1-5-28(22(29)19-15-23(19)8-10-24-11-9-23)18-6-12-27(13-7-18)20-14-17(4)25-21(26-20)16(2)3;;/h14,16,18-19,24H,5-13,15H2,1-4H3;2*1H. The van der Waals surface area contributed by atoms with E-state index < -0.39 is 0 Å². The molecular formula is C23H39Cl2N5O. The van der Waals surface area contributed by atoms with Crippen LogP contribution < -0.4 is 10.2 Å². The number of carbonyl (C=O) groups excluding carboxylic acids is 1. The molecule has 0 radical (unpaired) electrons. The lowest BCUT2D eigenvalue weighted by Crippen LogP contribution is -2.48. The second-order valence-electron chi connectivity index (χ2n) is 9.59. The molecule has 3 aliphatic rings. The second kappa shape index (κ2) is 10.7. The molecule has 6 nitrogen and oxygen atoms in total. The maximum atomic E-state index is 13.3. The average Bonchev–Trinajstić information content (AvgIpc) is 3.41. The first-order valence-electron chi connectivity index (χ1n) is 11.6. The Labute approximate surface area is 199 Å². The molecule has 31 heavy (non-hydrogen) atoms. The van der Waals surface area contributed by atoms with Crippen LogP contribution in [0.25, 0.3) is 0 Å². The number of aromatic nitrogens is 2. The Morgan fingerprint density at radius 2 is 1.87 bits per heavy atom. The number of carbonyl (C=O) groups is 1. The van der Waals surface area contributed by atoms with Gasteiger partial charge in [0.05, 0.1) is 0 Å². The van der Waals surface area contributed by atoms with E-state index in [-0.39, 0.29) is 30.7 Å². The average molecular weight is 473 g/mol. The van der Waals surface area contributed by atoms with Gasteiger partial charge in [0.2, 0.25) is 5.91 Å². The highest BCUT2D eigenvalue weighted by atomic mass is 35.5. The highest BCUT2D eigenvalue weighted by molar-refractivity contribution is 5.85. The summed E-state index contributed by atoms with van der Waals surface area (Å²) in [6.45, 7) is 13.4. The minimum atomic E-state index is 0. The van der Waals surface area contributed by atoms with Gasteiger partial charge >= 0.3 is 0 Å². The molecule has 8 heteroatoms. The van der Waals surface area contributed by atoms with Crippen LogP contribution in [0.3, 0.4) is 0 Å². The first-order chi connectivity index (χ1) is 13.9. The molecule has 0 aromatic carbocycles. The van der Waals surface area contributed by atoms with Gasteiger partial charge in [-0.3, -0.25) is 4.79 Å². The number of amides is 1. The summed E-state index contributed by atoms with van der Waals surface area (Å²) in [6.07, 6.45) is 5.51. The van der Waals surface area contributed by atoms with Crippen molar-refractivity contribution in [1.82, 2.24) is 20.2 Å². The summed E-state index contributed by atoms with van der Waals surface area (Å²) in [6, 6.07) is 2.47. The molecule has 1 spiro atoms. The number of aryl methyl sites for hydroxylation is 1. The van der Waals surface area contributed by atoms with E-state index in [1.807, 2.05) is 6.92 Å². The molecule has 1 atom stereocenters. The first-order valence-corrected chi connectivity index (χ1v) is 11.6. The van der Waals surface area contributed by atoms with Gasteiger partial charge in [0.15, 0.2) is 0 Å². The highest BCUT2D eigenvalue weighted by Gasteiger charge is 2.58. The van der Waals surface area contributed by atoms with Gasteiger partial charge < -0.3 is 15.1 Å². The summed E-state index contributed by atoms with van der Waals surface area (Å²) in [4.78, 5) is 27.3. The number of nitrogens with zero attached hydrogens (tertiary/aromatic N) is 4. The van der Waals surface area contributed by atoms with Crippen molar-refractivity contribution in [2.24, 2.45) is 11.3 Å². The van der Waals surface area contributed by atoms with E-state index in [4.69, 9.17) is 4.98 Å². The van der Waals surface area contributed by atoms with E-state index in [9.17, 15) is 4.79 Å². The zero-order valence-corrected chi connectivity index (χ0v) is 21.0. The predicted octanol–water partition coefficient (Wildman–Crippen LogP) is 3.96. The summed E-state index contributed by atoms with van der Waals surface area (Å²) in [5.41, 5.74) is 1.36. The Hall–Kier alpha value is -1.11. The Morgan fingerprint density at radius 3 is 2.45 bits per heavy atom. The third-order valence-electron chi connectivity index (χ3n) is 7.31. The van der Waals surface area contributed by atoms with Crippen molar-refractivity contribution in [1.29, 1.82) is 0 Å². The zero-order valence-electron chi connectivity index (χ0n) is 19.4. The summed E-state index contributed by atoms with van der Waals surface area (Å²) >= 11 is 0. The quantitative estimate of drug-likeness (QED) is 0.703. The molecule has 2 aliphatic heterocycles. The van der Waals surface area contributed by atoms with Gasteiger partial charge in [-0.25, -0.2) is 9.97 Å². The fourth-order valence-electron chi connectivity index (χ4n) is 5.37. The summed E-state index contributed by atoms with van der Waals surface area (Å²) in [5, 5.41) is 3.44. The molecule has 176 valence electrons. The number of halogens is 2. The summed E-state index contributed by atoms with van der Waals surface area (Å²) in [5.74, 6) is 3.01.